The highest BCUT2D eigenvalue weighted by Crippen LogP contribution is 2.30. The summed E-state index contributed by atoms with van der Waals surface area (Å²) in [5, 5.41) is 6.25. The number of nitrogens with one attached hydrogen (secondary N) is 2. The first-order valence-corrected chi connectivity index (χ1v) is 15.5. The molecule has 240 valence electrons. The molecule has 0 saturated carbocycles. The minimum absolute atomic E-state index is 0.0230. The topological polar surface area (TPSA) is 115 Å². The number of alkyl carbamates (subject to hydrolysis) is 1. The Labute approximate surface area is 260 Å². The summed E-state index contributed by atoms with van der Waals surface area (Å²) < 4.78 is 22.8. The molecule has 4 rings (SSSR count). The van der Waals surface area contributed by atoms with Gasteiger partial charge in [0.1, 0.15) is 11.2 Å². The van der Waals surface area contributed by atoms with E-state index in [2.05, 4.69) is 10.6 Å². The van der Waals surface area contributed by atoms with Crippen molar-refractivity contribution in [3.63, 3.8) is 0 Å². The van der Waals surface area contributed by atoms with E-state index in [0.29, 0.717) is 19.0 Å². The fraction of sp³-hybridized carbons (Fsp3) is 0.559. The summed E-state index contributed by atoms with van der Waals surface area (Å²) in [4.78, 5) is 40.8. The minimum atomic E-state index is -0.965. The summed E-state index contributed by atoms with van der Waals surface area (Å²) in [5.41, 5.74) is 1.52. The summed E-state index contributed by atoms with van der Waals surface area (Å²) in [5.74, 6) is 0. The van der Waals surface area contributed by atoms with Crippen molar-refractivity contribution >= 4 is 18.3 Å². The van der Waals surface area contributed by atoms with Crippen molar-refractivity contribution in [3.05, 3.63) is 60.2 Å². The lowest BCUT2D eigenvalue weighted by Gasteiger charge is -2.30. The van der Waals surface area contributed by atoms with Crippen LogP contribution in [-0.2, 0) is 25.4 Å². The van der Waals surface area contributed by atoms with Crippen molar-refractivity contribution in [3.8, 4) is 11.1 Å². The van der Waals surface area contributed by atoms with Crippen LogP contribution in [0, 0.1) is 0 Å². The first-order valence-electron chi connectivity index (χ1n) is 15.5. The van der Waals surface area contributed by atoms with E-state index in [1.807, 2.05) is 54.6 Å². The highest BCUT2D eigenvalue weighted by Gasteiger charge is 2.50. The number of amides is 2. The van der Waals surface area contributed by atoms with E-state index in [1.165, 1.54) is 4.90 Å². The summed E-state index contributed by atoms with van der Waals surface area (Å²) in [6, 6.07) is 17.7. The molecule has 4 atom stereocenters. The standard InChI is InChI=1S/C34H47N3O7/c1-33(2,3)43-31(39)37-22-28(41-32(40)44-34(4,5)6)29(42-30(38)36-20-18-26-13-10-19-35-26)27(37)21-23-14-16-25(17-15-23)24-11-8-7-9-12-24/h7-9,11-12,14-17,26-29,35H,10,13,18-22H2,1-6H3,(H,36,38)/t26-,27+,28-,29-/m0/s1. The predicted molar refractivity (Wildman–Crippen MR) is 167 cm³/mol. The molecule has 2 aliphatic heterocycles. The van der Waals surface area contributed by atoms with Crippen LogP contribution in [0.5, 0.6) is 0 Å². The smallest absolute Gasteiger partial charge is 0.444 e. The zero-order valence-electron chi connectivity index (χ0n) is 26.8. The Morgan fingerprint density at radius 3 is 2.16 bits per heavy atom. The van der Waals surface area contributed by atoms with Crippen LogP contribution in [0.4, 0.5) is 14.4 Å². The zero-order valence-corrected chi connectivity index (χ0v) is 26.8. The Bertz CT molecular complexity index is 1250. The minimum Gasteiger partial charge on any atom is -0.444 e. The van der Waals surface area contributed by atoms with Crippen molar-refractivity contribution < 1.29 is 33.3 Å². The molecular formula is C34H47N3O7. The lowest BCUT2D eigenvalue weighted by molar-refractivity contribution is -0.0518. The summed E-state index contributed by atoms with van der Waals surface area (Å²) >= 11 is 0. The maximum Gasteiger partial charge on any atom is 0.509 e. The maximum absolute atomic E-state index is 13.5. The van der Waals surface area contributed by atoms with Crippen molar-refractivity contribution in [2.45, 2.75) is 103 Å². The number of likely N-dealkylation sites (tertiary alicyclic amines) is 1. The van der Waals surface area contributed by atoms with Crippen molar-refractivity contribution in [2.24, 2.45) is 0 Å². The fourth-order valence-electron chi connectivity index (χ4n) is 5.49. The van der Waals surface area contributed by atoms with Gasteiger partial charge in [-0.25, -0.2) is 14.4 Å². The van der Waals surface area contributed by atoms with E-state index in [4.69, 9.17) is 18.9 Å². The monoisotopic (exact) mass is 609 g/mol. The summed E-state index contributed by atoms with van der Waals surface area (Å²) in [6.45, 7) is 12.0. The average Bonchev–Trinajstić information content (AvgIpc) is 3.56. The lowest BCUT2D eigenvalue weighted by Crippen LogP contribution is -2.46. The Hall–Kier alpha value is -3.79. The molecule has 2 aliphatic rings. The molecule has 2 aromatic carbocycles. The second-order valence-corrected chi connectivity index (χ2v) is 13.5. The van der Waals surface area contributed by atoms with E-state index in [1.54, 1.807) is 41.5 Å². The second-order valence-electron chi connectivity index (χ2n) is 13.5. The van der Waals surface area contributed by atoms with Crippen LogP contribution < -0.4 is 10.6 Å². The number of benzene rings is 2. The first-order chi connectivity index (χ1) is 20.8. The Kier molecular flexibility index (Phi) is 10.8. The number of rotatable bonds is 8. The van der Waals surface area contributed by atoms with E-state index >= 15 is 0 Å². The Morgan fingerprint density at radius 2 is 1.55 bits per heavy atom. The number of carbonyl (C=O) groups is 3. The molecule has 10 heteroatoms. The van der Waals surface area contributed by atoms with E-state index in [9.17, 15) is 14.4 Å². The van der Waals surface area contributed by atoms with Gasteiger partial charge in [0.2, 0.25) is 0 Å². The highest BCUT2D eigenvalue weighted by atomic mass is 16.7. The van der Waals surface area contributed by atoms with Gasteiger partial charge < -0.3 is 29.6 Å². The quantitative estimate of drug-likeness (QED) is 0.274. The number of hydrogen-bond acceptors (Lipinski definition) is 8. The molecule has 0 radical (unpaired) electrons. The van der Waals surface area contributed by atoms with Gasteiger partial charge >= 0.3 is 18.3 Å². The van der Waals surface area contributed by atoms with Gasteiger partial charge in [-0.15, -0.1) is 0 Å². The molecule has 10 nitrogen and oxygen atoms in total. The largest absolute Gasteiger partial charge is 0.509 e. The molecule has 2 aromatic rings. The summed E-state index contributed by atoms with van der Waals surface area (Å²) in [6.07, 6.45) is -0.745. The van der Waals surface area contributed by atoms with Crippen molar-refractivity contribution in [2.75, 3.05) is 19.6 Å². The average molecular weight is 610 g/mol. The molecule has 2 heterocycles. The Balaban J connectivity index is 1.57. The molecule has 2 amide bonds. The molecular weight excluding hydrogens is 562 g/mol. The van der Waals surface area contributed by atoms with Crippen LogP contribution in [0.3, 0.4) is 0 Å². The van der Waals surface area contributed by atoms with Gasteiger partial charge in [0.25, 0.3) is 0 Å². The van der Waals surface area contributed by atoms with Crippen LogP contribution in [0.2, 0.25) is 0 Å². The fourth-order valence-corrected chi connectivity index (χ4v) is 5.49. The van der Waals surface area contributed by atoms with Gasteiger partial charge in [0.05, 0.1) is 12.6 Å². The predicted octanol–water partition coefficient (Wildman–Crippen LogP) is 6.07. The molecule has 2 N–H and O–H groups in total. The summed E-state index contributed by atoms with van der Waals surface area (Å²) in [7, 11) is 0. The van der Waals surface area contributed by atoms with Gasteiger partial charge in [-0.3, -0.25) is 4.90 Å². The maximum atomic E-state index is 13.5. The molecule has 44 heavy (non-hydrogen) atoms. The van der Waals surface area contributed by atoms with Crippen LogP contribution in [0.1, 0.15) is 66.4 Å². The van der Waals surface area contributed by atoms with Gasteiger partial charge in [-0.05, 0) is 90.5 Å². The highest BCUT2D eigenvalue weighted by molar-refractivity contribution is 5.71. The molecule has 2 saturated heterocycles. The molecule has 0 aromatic heterocycles. The van der Waals surface area contributed by atoms with Gasteiger partial charge in [0.15, 0.2) is 12.2 Å². The van der Waals surface area contributed by atoms with Crippen molar-refractivity contribution in [1.82, 2.24) is 15.5 Å². The van der Waals surface area contributed by atoms with Gasteiger partial charge in [-0.1, -0.05) is 54.6 Å². The molecule has 0 bridgehead atoms. The third-order valence-corrected chi connectivity index (χ3v) is 7.46. The third kappa shape index (κ3) is 9.87. The number of hydrogen-bond donors (Lipinski definition) is 2. The lowest BCUT2D eigenvalue weighted by atomic mass is 9.98. The SMILES string of the molecule is CC(C)(C)OC(=O)O[C@H]1CN(C(=O)OC(C)(C)C)[C@H](Cc2ccc(-c3ccccc3)cc2)[C@@H]1OC(=O)NCC[C@@H]1CCCN1. The molecule has 0 spiro atoms. The van der Waals surface area contributed by atoms with E-state index in [0.717, 1.165) is 42.5 Å². The number of carbonyl (C=O) groups excluding carboxylic acids is 3. The molecule has 0 aliphatic carbocycles. The van der Waals surface area contributed by atoms with Crippen LogP contribution in [0.15, 0.2) is 54.6 Å². The van der Waals surface area contributed by atoms with E-state index in [-0.39, 0.29) is 6.54 Å². The molecule has 2 fully saturated rings. The van der Waals surface area contributed by atoms with Crippen LogP contribution in [-0.4, -0.2) is 78.4 Å². The first kappa shape index (κ1) is 33.1. The number of ether oxygens (including phenoxy) is 4. The second kappa shape index (κ2) is 14.3. The van der Waals surface area contributed by atoms with Crippen LogP contribution in [0.25, 0.3) is 11.1 Å². The Morgan fingerprint density at radius 1 is 0.886 bits per heavy atom. The third-order valence-electron chi connectivity index (χ3n) is 7.46. The van der Waals surface area contributed by atoms with Crippen LogP contribution >= 0.6 is 0 Å². The zero-order chi connectivity index (χ0) is 31.9. The van der Waals surface area contributed by atoms with Gasteiger partial charge in [-0.2, -0.15) is 0 Å². The molecule has 0 unspecified atom stereocenters. The normalized spacial score (nSPS) is 21.9. The van der Waals surface area contributed by atoms with Crippen molar-refractivity contribution in [1.29, 1.82) is 0 Å². The van der Waals surface area contributed by atoms with Gasteiger partial charge in [0, 0.05) is 12.6 Å². The number of nitrogens with zero attached hydrogens (tertiary/aromatic N) is 1. The van der Waals surface area contributed by atoms with E-state index < -0.39 is 47.8 Å².